The van der Waals surface area contributed by atoms with E-state index < -0.39 is 33.9 Å². The summed E-state index contributed by atoms with van der Waals surface area (Å²) in [6.07, 6.45) is 27.6. The molecule has 242 valence electrons. The van der Waals surface area contributed by atoms with Crippen LogP contribution in [-0.2, 0) is 19.6 Å². The number of esters is 2. The van der Waals surface area contributed by atoms with Crippen LogP contribution < -0.4 is 0 Å². The number of hydrogen-bond donors (Lipinski definition) is 1. The molecule has 0 spiro atoms. The summed E-state index contributed by atoms with van der Waals surface area (Å²) in [5.74, 6) is -1.45. The third-order valence-electron chi connectivity index (χ3n) is 7.81. The van der Waals surface area contributed by atoms with Gasteiger partial charge in [0.15, 0.2) is 0 Å². The first-order valence-electron chi connectivity index (χ1n) is 16.7. The van der Waals surface area contributed by atoms with Crippen LogP contribution in [0.5, 0.6) is 0 Å². The van der Waals surface area contributed by atoms with Crippen molar-refractivity contribution in [3.63, 3.8) is 0 Å². The van der Waals surface area contributed by atoms with Crippen molar-refractivity contribution in [2.75, 3.05) is 13.2 Å². The lowest BCUT2D eigenvalue weighted by Gasteiger charge is -2.12. The Kier molecular flexibility index (Phi) is 22.2. The number of carbonyl (C=O) groups excluding carboxylic acids is 2. The van der Waals surface area contributed by atoms with Crippen molar-refractivity contribution in [3.05, 3.63) is 35.4 Å². The van der Waals surface area contributed by atoms with E-state index in [1.54, 1.807) is 12.1 Å². The lowest BCUT2D eigenvalue weighted by atomic mass is 10.0. The molecule has 0 aliphatic rings. The van der Waals surface area contributed by atoms with E-state index in [2.05, 4.69) is 6.92 Å². The van der Waals surface area contributed by atoms with Crippen molar-refractivity contribution in [3.8, 4) is 0 Å². The van der Waals surface area contributed by atoms with Gasteiger partial charge in [-0.2, -0.15) is 8.42 Å². The number of unbranched alkanes of at least 4 members (excludes halogenated alkanes) is 20. The minimum absolute atomic E-state index is 0.00356. The van der Waals surface area contributed by atoms with E-state index in [0.717, 1.165) is 19.3 Å². The smallest absolute Gasteiger partial charge is 0.339 e. The van der Waals surface area contributed by atoms with Crippen LogP contribution in [0.25, 0.3) is 0 Å². The van der Waals surface area contributed by atoms with Crippen LogP contribution in [0.4, 0.5) is 0 Å². The fraction of sp³-hybridized carbons (Fsp3) is 0.765. The van der Waals surface area contributed by atoms with E-state index >= 15 is 0 Å². The second-order valence-corrected chi connectivity index (χ2v) is 13.5. The summed E-state index contributed by atoms with van der Waals surface area (Å²) in [7, 11) is -4.31. The zero-order chi connectivity index (χ0) is 30.9. The fourth-order valence-corrected chi connectivity index (χ4v) is 5.21. The van der Waals surface area contributed by atoms with E-state index in [-0.39, 0.29) is 17.7 Å². The molecule has 0 bridgehead atoms. The van der Waals surface area contributed by atoms with E-state index in [1.807, 2.05) is 0 Å². The van der Waals surface area contributed by atoms with Crippen molar-refractivity contribution in [2.24, 2.45) is 0 Å². The standard InChI is InChI=1S/C34H58O7S/c1-3-4-5-6-7-8-9-10-11-12-13-14-15-16-17-18-19-20-21-22-25-28-40-33(35)31-26-23-24-27-32(31)34(36)41-29-30(2)42(37,38)39/h23-24,26-27,30H,3-22,25,28-29H2,1-2H3,(H,37,38,39). The van der Waals surface area contributed by atoms with E-state index in [0.29, 0.717) is 0 Å². The molecule has 42 heavy (non-hydrogen) atoms. The maximum absolute atomic E-state index is 12.5. The summed E-state index contributed by atoms with van der Waals surface area (Å²) >= 11 is 0. The van der Waals surface area contributed by atoms with Gasteiger partial charge in [-0.25, -0.2) is 9.59 Å². The number of benzene rings is 1. The summed E-state index contributed by atoms with van der Waals surface area (Å²) in [4.78, 5) is 24.9. The molecule has 1 N–H and O–H groups in total. The summed E-state index contributed by atoms with van der Waals surface area (Å²) in [6.45, 7) is 3.27. The molecule has 1 unspecified atom stereocenters. The van der Waals surface area contributed by atoms with Crippen LogP contribution in [0.1, 0.15) is 169 Å². The highest BCUT2D eigenvalue weighted by molar-refractivity contribution is 7.86. The van der Waals surface area contributed by atoms with Gasteiger partial charge in [-0.3, -0.25) is 4.55 Å². The Balaban J connectivity index is 1.99. The molecule has 0 amide bonds. The molecule has 0 heterocycles. The molecule has 0 aliphatic carbocycles. The molecule has 0 aliphatic heterocycles. The Morgan fingerprint density at radius 3 is 1.31 bits per heavy atom. The van der Waals surface area contributed by atoms with Crippen molar-refractivity contribution in [2.45, 2.75) is 154 Å². The number of ether oxygens (including phenoxy) is 2. The largest absolute Gasteiger partial charge is 0.462 e. The number of hydrogen-bond acceptors (Lipinski definition) is 6. The summed E-state index contributed by atoms with van der Waals surface area (Å²) in [5, 5.41) is -1.26. The zero-order valence-electron chi connectivity index (χ0n) is 26.5. The molecule has 0 saturated heterocycles. The second-order valence-electron chi connectivity index (χ2n) is 11.7. The molecule has 7 nitrogen and oxygen atoms in total. The molecule has 1 rings (SSSR count). The monoisotopic (exact) mass is 610 g/mol. The van der Waals surface area contributed by atoms with Gasteiger partial charge in [0.2, 0.25) is 0 Å². The van der Waals surface area contributed by atoms with Gasteiger partial charge in [-0.05, 0) is 25.5 Å². The lowest BCUT2D eigenvalue weighted by molar-refractivity contribution is 0.0454. The van der Waals surface area contributed by atoms with Crippen molar-refractivity contribution < 1.29 is 32.0 Å². The minimum atomic E-state index is -4.31. The van der Waals surface area contributed by atoms with Gasteiger partial charge in [-0.15, -0.1) is 0 Å². The molecular formula is C34H58O7S. The third-order valence-corrected chi connectivity index (χ3v) is 8.96. The summed E-state index contributed by atoms with van der Waals surface area (Å²) < 4.78 is 41.6. The van der Waals surface area contributed by atoms with Gasteiger partial charge in [0.25, 0.3) is 10.1 Å². The maximum Gasteiger partial charge on any atom is 0.339 e. The van der Waals surface area contributed by atoms with Crippen LogP contribution in [-0.4, -0.2) is 43.4 Å². The van der Waals surface area contributed by atoms with E-state index in [1.165, 1.54) is 135 Å². The van der Waals surface area contributed by atoms with E-state index in [9.17, 15) is 18.0 Å². The Bertz CT molecular complexity index is 945. The van der Waals surface area contributed by atoms with Crippen molar-refractivity contribution in [1.82, 2.24) is 0 Å². The zero-order valence-corrected chi connectivity index (χ0v) is 27.3. The first-order chi connectivity index (χ1) is 20.3. The molecule has 1 aromatic rings. The number of rotatable bonds is 27. The quantitative estimate of drug-likeness (QED) is 0.0600. The van der Waals surface area contributed by atoms with Gasteiger partial charge < -0.3 is 9.47 Å². The lowest BCUT2D eigenvalue weighted by Crippen LogP contribution is -2.25. The number of carbonyl (C=O) groups is 2. The molecule has 8 heteroatoms. The predicted molar refractivity (Wildman–Crippen MR) is 171 cm³/mol. The van der Waals surface area contributed by atoms with Gasteiger partial charge in [0, 0.05) is 0 Å². The van der Waals surface area contributed by atoms with Gasteiger partial charge in [0.05, 0.1) is 17.7 Å². The van der Waals surface area contributed by atoms with Crippen LogP contribution in [0.3, 0.4) is 0 Å². The minimum Gasteiger partial charge on any atom is -0.462 e. The summed E-state index contributed by atoms with van der Waals surface area (Å²) in [5.41, 5.74) is 0.0781. The van der Waals surface area contributed by atoms with Crippen LogP contribution in [0.15, 0.2) is 24.3 Å². The fourth-order valence-electron chi connectivity index (χ4n) is 4.97. The average Bonchev–Trinajstić information content (AvgIpc) is 2.97. The van der Waals surface area contributed by atoms with Crippen molar-refractivity contribution in [1.29, 1.82) is 0 Å². The third kappa shape index (κ3) is 19.3. The normalized spacial score (nSPS) is 12.3. The molecular weight excluding hydrogens is 552 g/mol. The highest BCUT2D eigenvalue weighted by Gasteiger charge is 2.23. The van der Waals surface area contributed by atoms with Crippen LogP contribution >= 0.6 is 0 Å². The molecule has 0 fully saturated rings. The van der Waals surface area contributed by atoms with Crippen LogP contribution in [0, 0.1) is 0 Å². The Hall–Kier alpha value is -1.93. The average molecular weight is 611 g/mol. The molecule has 0 aromatic heterocycles. The highest BCUT2D eigenvalue weighted by atomic mass is 32.2. The van der Waals surface area contributed by atoms with Crippen LogP contribution in [0.2, 0.25) is 0 Å². The van der Waals surface area contributed by atoms with E-state index in [4.69, 9.17) is 14.0 Å². The first kappa shape index (κ1) is 38.1. The molecule has 0 radical (unpaired) electrons. The Labute approximate surface area is 256 Å². The second kappa shape index (κ2) is 24.5. The van der Waals surface area contributed by atoms with Gasteiger partial charge in [0.1, 0.15) is 11.9 Å². The summed E-state index contributed by atoms with van der Waals surface area (Å²) in [6, 6.07) is 6.10. The topological polar surface area (TPSA) is 107 Å². The molecule has 1 aromatic carbocycles. The predicted octanol–water partition coefficient (Wildman–Crippen LogP) is 9.49. The molecule has 1 atom stereocenters. The highest BCUT2D eigenvalue weighted by Crippen LogP contribution is 2.16. The van der Waals surface area contributed by atoms with Gasteiger partial charge in [-0.1, -0.05) is 147 Å². The maximum atomic E-state index is 12.5. The van der Waals surface area contributed by atoms with Crippen molar-refractivity contribution >= 4 is 22.1 Å². The van der Waals surface area contributed by atoms with Gasteiger partial charge >= 0.3 is 11.9 Å². The SMILES string of the molecule is CCCCCCCCCCCCCCCCCCCCCCCOC(=O)c1ccccc1C(=O)OCC(C)S(=O)(=O)O. The first-order valence-corrected chi connectivity index (χ1v) is 18.2. The Morgan fingerprint density at radius 2 is 0.952 bits per heavy atom. The molecule has 0 saturated carbocycles. The Morgan fingerprint density at radius 1 is 0.619 bits per heavy atom.